The molecule has 132 valence electrons. The Morgan fingerprint density at radius 1 is 1.24 bits per heavy atom. The molecule has 0 bridgehead atoms. The molecule has 1 N–H and O–H groups in total. The van der Waals surface area contributed by atoms with Gasteiger partial charge in [-0.25, -0.2) is 4.79 Å². The number of ether oxygens (including phenoxy) is 1. The first-order chi connectivity index (χ1) is 11.7. The highest BCUT2D eigenvalue weighted by molar-refractivity contribution is 7.17. The Labute approximate surface area is 142 Å². The number of hydrogen-bond donors (Lipinski definition) is 1. The molecule has 0 atom stereocenters. The van der Waals surface area contributed by atoms with Crippen molar-refractivity contribution in [1.29, 1.82) is 0 Å². The molecular formula is C14H9F3N2O5S. The first kappa shape index (κ1) is 18.4. The summed E-state index contributed by atoms with van der Waals surface area (Å²) in [7, 11) is 0. The third-order valence-electron chi connectivity index (χ3n) is 2.78. The molecule has 1 aromatic heterocycles. The minimum absolute atomic E-state index is 0.0708. The Morgan fingerprint density at radius 2 is 1.96 bits per heavy atom. The predicted octanol–water partition coefficient (Wildman–Crippen LogP) is 3.47. The zero-order valence-electron chi connectivity index (χ0n) is 12.2. The highest BCUT2D eigenvalue weighted by Gasteiger charge is 2.30. The number of carbonyl (C=O) groups is 2. The van der Waals surface area contributed by atoms with Crippen molar-refractivity contribution in [1.82, 2.24) is 0 Å². The molecule has 0 radical (unpaired) electrons. The van der Waals surface area contributed by atoms with E-state index in [1.54, 1.807) is 0 Å². The number of carbonyl (C=O) groups excluding carboxylic acids is 2. The summed E-state index contributed by atoms with van der Waals surface area (Å²) in [6.45, 7) is -0.749. The van der Waals surface area contributed by atoms with Gasteiger partial charge in [-0.1, -0.05) is 17.4 Å². The van der Waals surface area contributed by atoms with E-state index in [4.69, 9.17) is 0 Å². The number of nitro groups is 1. The van der Waals surface area contributed by atoms with E-state index in [1.165, 1.54) is 12.1 Å². The average molecular weight is 374 g/mol. The third kappa shape index (κ3) is 5.01. The first-order valence-corrected chi connectivity index (χ1v) is 7.37. The summed E-state index contributed by atoms with van der Waals surface area (Å²) < 4.78 is 42.4. The van der Waals surface area contributed by atoms with Gasteiger partial charge in [-0.3, -0.25) is 14.9 Å². The molecule has 11 heteroatoms. The van der Waals surface area contributed by atoms with Crippen molar-refractivity contribution in [2.24, 2.45) is 0 Å². The lowest BCUT2D eigenvalue weighted by molar-refractivity contribution is -0.380. The quantitative estimate of drug-likeness (QED) is 0.491. The van der Waals surface area contributed by atoms with Crippen LogP contribution in [0, 0.1) is 10.1 Å². The monoisotopic (exact) mass is 374 g/mol. The van der Waals surface area contributed by atoms with Gasteiger partial charge in [0.25, 0.3) is 5.91 Å². The number of nitrogens with one attached hydrogen (secondary N) is 1. The van der Waals surface area contributed by atoms with E-state index >= 15 is 0 Å². The number of rotatable bonds is 5. The molecule has 0 saturated heterocycles. The lowest BCUT2D eigenvalue weighted by Crippen LogP contribution is -2.20. The Hall–Kier alpha value is -2.95. The Bertz CT molecular complexity index is 819. The summed E-state index contributed by atoms with van der Waals surface area (Å²) in [4.78, 5) is 33.1. The molecule has 0 aliphatic rings. The van der Waals surface area contributed by atoms with Crippen molar-refractivity contribution in [3.05, 3.63) is 57.0 Å². The average Bonchev–Trinajstić information content (AvgIpc) is 3.02. The fourth-order valence-corrected chi connectivity index (χ4v) is 2.42. The fraction of sp³-hybridized carbons (Fsp3) is 0.143. The first-order valence-electron chi connectivity index (χ1n) is 6.55. The minimum atomic E-state index is -4.55. The summed E-state index contributed by atoms with van der Waals surface area (Å²) >= 11 is 0.579. The van der Waals surface area contributed by atoms with Crippen LogP contribution in [0.4, 0.5) is 23.9 Å². The van der Waals surface area contributed by atoms with Crippen LogP contribution in [0.15, 0.2) is 36.4 Å². The van der Waals surface area contributed by atoms with Crippen molar-refractivity contribution in [3.8, 4) is 0 Å². The fourth-order valence-electron chi connectivity index (χ4n) is 1.71. The molecule has 0 aliphatic heterocycles. The van der Waals surface area contributed by atoms with Gasteiger partial charge in [-0.05, 0) is 24.3 Å². The van der Waals surface area contributed by atoms with Crippen molar-refractivity contribution < 1.29 is 32.4 Å². The number of hydrogen-bond acceptors (Lipinski definition) is 6. The van der Waals surface area contributed by atoms with Gasteiger partial charge in [0.1, 0.15) is 4.88 Å². The highest BCUT2D eigenvalue weighted by atomic mass is 32.1. The number of alkyl halides is 3. The van der Waals surface area contributed by atoms with Crippen LogP contribution < -0.4 is 5.32 Å². The summed E-state index contributed by atoms with van der Waals surface area (Å²) in [6, 6.07) is 6.24. The molecule has 1 aromatic carbocycles. The molecule has 0 fully saturated rings. The minimum Gasteiger partial charge on any atom is -0.451 e. The maximum atomic E-state index is 12.6. The van der Waals surface area contributed by atoms with Crippen LogP contribution in [0.1, 0.15) is 15.2 Å². The van der Waals surface area contributed by atoms with Gasteiger partial charge in [0.15, 0.2) is 6.61 Å². The van der Waals surface area contributed by atoms with Crippen molar-refractivity contribution in [3.63, 3.8) is 0 Å². The molecule has 0 aliphatic carbocycles. The van der Waals surface area contributed by atoms with Crippen molar-refractivity contribution >= 4 is 33.9 Å². The SMILES string of the molecule is O=C(COC(=O)c1ccc([N+](=O)[O-])s1)Nc1cccc(C(F)(F)F)c1. The van der Waals surface area contributed by atoms with Crippen LogP contribution in [0.2, 0.25) is 0 Å². The molecule has 1 heterocycles. The molecule has 1 amide bonds. The topological polar surface area (TPSA) is 98.5 Å². The van der Waals surface area contributed by atoms with Gasteiger partial charge in [-0.15, -0.1) is 0 Å². The Morgan fingerprint density at radius 3 is 2.56 bits per heavy atom. The second-order valence-corrected chi connectivity index (χ2v) is 5.66. The van der Waals surface area contributed by atoms with Gasteiger partial charge >= 0.3 is 17.1 Å². The van der Waals surface area contributed by atoms with Crippen LogP contribution in [-0.4, -0.2) is 23.4 Å². The van der Waals surface area contributed by atoms with E-state index in [9.17, 15) is 32.9 Å². The molecular weight excluding hydrogens is 365 g/mol. The van der Waals surface area contributed by atoms with E-state index < -0.39 is 35.1 Å². The number of nitrogens with zero attached hydrogens (tertiary/aromatic N) is 1. The second kappa shape index (κ2) is 7.30. The number of thiophene rings is 1. The van der Waals surface area contributed by atoms with E-state index in [2.05, 4.69) is 10.1 Å². The molecule has 2 rings (SSSR count). The van der Waals surface area contributed by atoms with Gasteiger partial charge in [0.05, 0.1) is 10.5 Å². The zero-order chi connectivity index (χ0) is 18.6. The molecule has 7 nitrogen and oxygen atoms in total. The molecule has 25 heavy (non-hydrogen) atoms. The van der Waals surface area contributed by atoms with Gasteiger partial charge < -0.3 is 10.1 Å². The van der Waals surface area contributed by atoms with E-state index in [0.29, 0.717) is 11.3 Å². The molecule has 0 spiro atoms. The standard InChI is InChI=1S/C14H9F3N2O5S/c15-14(16,17)8-2-1-3-9(6-8)18-11(20)7-24-13(21)10-4-5-12(25-10)19(22)23/h1-6H,7H2,(H,18,20). The van der Waals surface area contributed by atoms with Gasteiger partial charge in [0, 0.05) is 11.8 Å². The van der Waals surface area contributed by atoms with Gasteiger partial charge in [-0.2, -0.15) is 13.2 Å². The second-order valence-electron chi connectivity index (χ2n) is 4.60. The molecule has 0 unspecified atom stereocenters. The van der Waals surface area contributed by atoms with Gasteiger partial charge in [0.2, 0.25) is 0 Å². The highest BCUT2D eigenvalue weighted by Crippen LogP contribution is 2.30. The maximum absolute atomic E-state index is 12.6. The molecule has 2 aromatic rings. The largest absolute Gasteiger partial charge is 0.451 e. The smallest absolute Gasteiger partial charge is 0.416 e. The van der Waals surface area contributed by atoms with E-state index in [1.807, 2.05) is 0 Å². The summed E-state index contributed by atoms with van der Waals surface area (Å²) in [5.74, 6) is -1.80. The van der Waals surface area contributed by atoms with Crippen LogP contribution >= 0.6 is 11.3 Å². The van der Waals surface area contributed by atoms with Crippen LogP contribution in [0.5, 0.6) is 0 Å². The van der Waals surface area contributed by atoms with Crippen LogP contribution in [-0.2, 0) is 15.7 Å². The summed E-state index contributed by atoms with van der Waals surface area (Å²) in [5.41, 5.74) is -1.05. The Balaban J connectivity index is 1.92. The van der Waals surface area contributed by atoms with Crippen LogP contribution in [0.3, 0.4) is 0 Å². The number of amides is 1. The molecule has 0 saturated carbocycles. The normalized spacial score (nSPS) is 11.0. The number of halogens is 3. The van der Waals surface area contributed by atoms with Crippen molar-refractivity contribution in [2.45, 2.75) is 6.18 Å². The summed E-state index contributed by atoms with van der Waals surface area (Å²) in [5, 5.41) is 12.4. The Kier molecular flexibility index (Phi) is 5.37. The lowest BCUT2D eigenvalue weighted by atomic mass is 10.2. The maximum Gasteiger partial charge on any atom is 0.416 e. The van der Waals surface area contributed by atoms with E-state index in [0.717, 1.165) is 24.3 Å². The number of benzene rings is 1. The van der Waals surface area contributed by atoms with Crippen molar-refractivity contribution in [2.75, 3.05) is 11.9 Å². The number of esters is 1. The lowest BCUT2D eigenvalue weighted by Gasteiger charge is -2.10. The zero-order valence-corrected chi connectivity index (χ0v) is 13.0. The summed E-state index contributed by atoms with van der Waals surface area (Å²) in [6.07, 6.45) is -4.55. The van der Waals surface area contributed by atoms with Crippen LogP contribution in [0.25, 0.3) is 0 Å². The number of anilines is 1. The third-order valence-corrected chi connectivity index (χ3v) is 3.80. The van der Waals surface area contributed by atoms with E-state index in [-0.39, 0.29) is 15.6 Å². The predicted molar refractivity (Wildman–Crippen MR) is 81.3 cm³/mol.